The summed E-state index contributed by atoms with van der Waals surface area (Å²) in [6, 6.07) is 5.76. The Bertz CT molecular complexity index is 433. The first-order valence-electron chi connectivity index (χ1n) is 4.97. The van der Waals surface area contributed by atoms with Crippen LogP contribution in [-0.2, 0) is 4.79 Å². The van der Waals surface area contributed by atoms with Gasteiger partial charge in [-0.05, 0) is 11.6 Å². The average Bonchev–Trinajstić information content (AvgIpc) is 2.25. The molecule has 1 aromatic carbocycles. The number of halogens is 1. The van der Waals surface area contributed by atoms with Gasteiger partial charge < -0.3 is 9.64 Å². The number of hydrogen-bond acceptors (Lipinski definition) is 2. The zero-order valence-corrected chi connectivity index (χ0v) is 8.83. The lowest BCUT2D eigenvalue weighted by atomic mass is 9.99. The van der Waals surface area contributed by atoms with Crippen LogP contribution in [0.4, 0.5) is 5.69 Å². The van der Waals surface area contributed by atoms with Crippen molar-refractivity contribution in [3.05, 3.63) is 23.8 Å². The molecule has 0 aromatic heterocycles. The maximum atomic E-state index is 11.8. The SMILES string of the molecule is O=C1CC(Cl)c2cccc3c2N1CCO3. The minimum Gasteiger partial charge on any atom is -0.490 e. The van der Waals surface area contributed by atoms with Crippen LogP contribution >= 0.6 is 11.6 Å². The quantitative estimate of drug-likeness (QED) is 0.631. The smallest absolute Gasteiger partial charge is 0.229 e. The fourth-order valence-electron chi connectivity index (χ4n) is 2.18. The van der Waals surface area contributed by atoms with E-state index in [1.165, 1.54) is 0 Å². The molecule has 0 radical (unpaired) electrons. The van der Waals surface area contributed by atoms with E-state index in [-0.39, 0.29) is 11.3 Å². The van der Waals surface area contributed by atoms with Gasteiger partial charge in [0.05, 0.1) is 17.6 Å². The van der Waals surface area contributed by atoms with Crippen molar-refractivity contribution in [3.8, 4) is 5.75 Å². The number of alkyl halides is 1. The number of anilines is 1. The second-order valence-electron chi connectivity index (χ2n) is 3.76. The summed E-state index contributed by atoms with van der Waals surface area (Å²) in [7, 11) is 0. The fraction of sp³-hybridized carbons (Fsp3) is 0.364. The van der Waals surface area contributed by atoms with Crippen LogP contribution in [0.3, 0.4) is 0 Å². The van der Waals surface area contributed by atoms with Crippen LogP contribution in [0.5, 0.6) is 5.75 Å². The Morgan fingerprint density at radius 2 is 2.33 bits per heavy atom. The van der Waals surface area contributed by atoms with Crippen LogP contribution in [0.15, 0.2) is 18.2 Å². The predicted molar refractivity (Wildman–Crippen MR) is 57.5 cm³/mol. The van der Waals surface area contributed by atoms with Gasteiger partial charge in [-0.15, -0.1) is 11.6 Å². The molecule has 1 atom stereocenters. The molecule has 1 unspecified atom stereocenters. The molecule has 1 amide bonds. The Balaban J connectivity index is 2.23. The summed E-state index contributed by atoms with van der Waals surface area (Å²) in [5, 5.41) is -0.217. The summed E-state index contributed by atoms with van der Waals surface area (Å²) >= 11 is 6.16. The number of hydrogen-bond donors (Lipinski definition) is 0. The van der Waals surface area contributed by atoms with Crippen molar-refractivity contribution in [3.63, 3.8) is 0 Å². The highest BCUT2D eigenvalue weighted by Crippen LogP contribution is 2.44. The van der Waals surface area contributed by atoms with Gasteiger partial charge in [-0.25, -0.2) is 0 Å². The number of rotatable bonds is 0. The van der Waals surface area contributed by atoms with Crippen molar-refractivity contribution in [2.45, 2.75) is 11.8 Å². The minimum absolute atomic E-state index is 0.0956. The molecule has 0 fully saturated rings. The normalized spacial score (nSPS) is 23.4. The van der Waals surface area contributed by atoms with Gasteiger partial charge in [0.15, 0.2) is 0 Å². The maximum Gasteiger partial charge on any atom is 0.229 e. The van der Waals surface area contributed by atoms with E-state index >= 15 is 0 Å². The molecule has 0 spiro atoms. The Labute approximate surface area is 92.6 Å². The van der Waals surface area contributed by atoms with Gasteiger partial charge in [0.2, 0.25) is 5.91 Å². The number of amides is 1. The van der Waals surface area contributed by atoms with E-state index in [0.717, 1.165) is 17.0 Å². The topological polar surface area (TPSA) is 29.5 Å². The van der Waals surface area contributed by atoms with Gasteiger partial charge in [-0.1, -0.05) is 12.1 Å². The third-order valence-corrected chi connectivity index (χ3v) is 3.25. The molecule has 78 valence electrons. The highest BCUT2D eigenvalue weighted by atomic mass is 35.5. The molecule has 0 aliphatic carbocycles. The standard InChI is InChI=1S/C11H10ClNO2/c12-8-6-10(14)13-4-5-15-9-3-1-2-7(8)11(9)13/h1-3,8H,4-6H2. The summed E-state index contributed by atoms with van der Waals surface area (Å²) in [6.07, 6.45) is 0.387. The van der Waals surface area contributed by atoms with Crippen molar-refractivity contribution in [1.82, 2.24) is 0 Å². The third kappa shape index (κ3) is 1.23. The Morgan fingerprint density at radius 3 is 3.20 bits per heavy atom. The summed E-state index contributed by atoms with van der Waals surface area (Å²) in [4.78, 5) is 13.6. The lowest BCUT2D eigenvalue weighted by Crippen LogP contribution is -2.41. The summed E-state index contributed by atoms with van der Waals surface area (Å²) in [5.74, 6) is 0.871. The van der Waals surface area contributed by atoms with Crippen molar-refractivity contribution < 1.29 is 9.53 Å². The van der Waals surface area contributed by atoms with E-state index in [4.69, 9.17) is 16.3 Å². The van der Waals surface area contributed by atoms with E-state index in [9.17, 15) is 4.79 Å². The lowest BCUT2D eigenvalue weighted by Gasteiger charge is -2.36. The van der Waals surface area contributed by atoms with Crippen LogP contribution < -0.4 is 9.64 Å². The van der Waals surface area contributed by atoms with E-state index in [0.29, 0.717) is 19.6 Å². The fourth-order valence-corrected chi connectivity index (χ4v) is 2.49. The van der Waals surface area contributed by atoms with Crippen LogP contribution in [0.1, 0.15) is 17.4 Å². The van der Waals surface area contributed by atoms with Gasteiger partial charge in [-0.3, -0.25) is 4.79 Å². The van der Waals surface area contributed by atoms with Crippen molar-refractivity contribution in [2.24, 2.45) is 0 Å². The van der Waals surface area contributed by atoms with Gasteiger partial charge in [-0.2, -0.15) is 0 Å². The largest absolute Gasteiger partial charge is 0.490 e. The number of ether oxygens (including phenoxy) is 1. The number of nitrogens with zero attached hydrogens (tertiary/aromatic N) is 1. The molecule has 3 nitrogen and oxygen atoms in total. The highest BCUT2D eigenvalue weighted by Gasteiger charge is 2.34. The zero-order chi connectivity index (χ0) is 10.4. The van der Waals surface area contributed by atoms with Crippen molar-refractivity contribution in [2.75, 3.05) is 18.1 Å². The molecule has 1 aromatic rings. The molecule has 2 aliphatic heterocycles. The molecule has 2 aliphatic rings. The summed E-state index contributed by atoms with van der Waals surface area (Å²) < 4.78 is 5.51. The highest BCUT2D eigenvalue weighted by molar-refractivity contribution is 6.24. The average molecular weight is 224 g/mol. The molecule has 0 N–H and O–H groups in total. The zero-order valence-electron chi connectivity index (χ0n) is 8.07. The van der Waals surface area contributed by atoms with Gasteiger partial charge in [0.25, 0.3) is 0 Å². The maximum absolute atomic E-state index is 11.8. The second kappa shape index (κ2) is 3.14. The Hall–Kier alpha value is -1.22. The minimum atomic E-state index is -0.217. The Kier molecular flexibility index (Phi) is 1.89. The predicted octanol–water partition coefficient (Wildman–Crippen LogP) is 2.10. The molecular weight excluding hydrogens is 214 g/mol. The summed E-state index contributed by atoms with van der Waals surface area (Å²) in [6.45, 7) is 1.20. The van der Waals surface area contributed by atoms with Crippen LogP contribution in [0, 0.1) is 0 Å². The summed E-state index contributed by atoms with van der Waals surface area (Å²) in [5.41, 5.74) is 1.88. The van der Waals surface area contributed by atoms with Crippen molar-refractivity contribution in [1.29, 1.82) is 0 Å². The molecule has 3 rings (SSSR count). The number of benzene rings is 1. The van der Waals surface area contributed by atoms with E-state index in [1.54, 1.807) is 4.90 Å². The van der Waals surface area contributed by atoms with Gasteiger partial charge >= 0.3 is 0 Å². The van der Waals surface area contributed by atoms with E-state index < -0.39 is 0 Å². The molecule has 0 saturated carbocycles. The molecule has 0 bridgehead atoms. The molecule has 0 saturated heterocycles. The monoisotopic (exact) mass is 223 g/mol. The van der Waals surface area contributed by atoms with Crippen LogP contribution in [-0.4, -0.2) is 19.1 Å². The molecule has 15 heavy (non-hydrogen) atoms. The number of carbonyl (C=O) groups is 1. The second-order valence-corrected chi connectivity index (χ2v) is 4.29. The van der Waals surface area contributed by atoms with Gasteiger partial charge in [0, 0.05) is 6.42 Å². The van der Waals surface area contributed by atoms with E-state index in [1.807, 2.05) is 18.2 Å². The van der Waals surface area contributed by atoms with E-state index in [2.05, 4.69) is 0 Å². The third-order valence-electron chi connectivity index (χ3n) is 2.86. The van der Waals surface area contributed by atoms with Crippen LogP contribution in [0.2, 0.25) is 0 Å². The first kappa shape index (κ1) is 9.04. The molecule has 4 heteroatoms. The first-order chi connectivity index (χ1) is 7.27. The Morgan fingerprint density at radius 1 is 1.47 bits per heavy atom. The molecule has 2 heterocycles. The van der Waals surface area contributed by atoms with Gasteiger partial charge in [0.1, 0.15) is 12.4 Å². The number of carbonyl (C=O) groups excluding carboxylic acids is 1. The molecular formula is C11H10ClNO2. The van der Waals surface area contributed by atoms with Crippen molar-refractivity contribution >= 4 is 23.2 Å². The first-order valence-corrected chi connectivity index (χ1v) is 5.41. The van der Waals surface area contributed by atoms with Crippen LogP contribution in [0.25, 0.3) is 0 Å². The number of para-hydroxylation sites is 1. The lowest BCUT2D eigenvalue weighted by molar-refractivity contribution is -0.119.